The maximum Gasteiger partial charge on any atom is 0.134 e. The molecule has 5 heteroatoms. The van der Waals surface area contributed by atoms with Gasteiger partial charge in [-0.1, -0.05) is 23.4 Å². The monoisotopic (exact) mass is 289 g/mol. The van der Waals surface area contributed by atoms with Gasteiger partial charge >= 0.3 is 0 Å². The Balaban J connectivity index is 1.82. The van der Waals surface area contributed by atoms with Crippen LogP contribution >= 0.6 is 0 Å². The van der Waals surface area contributed by atoms with E-state index in [4.69, 9.17) is 0 Å². The SMILES string of the molecule is Cc1ccc(F)c(Cn2cc([C@@H]3CC=CCC3)nn2)c1F. The van der Waals surface area contributed by atoms with Crippen molar-refractivity contribution in [3.8, 4) is 0 Å². The molecule has 0 saturated carbocycles. The number of halogens is 2. The largest absolute Gasteiger partial charge is 0.248 e. The summed E-state index contributed by atoms with van der Waals surface area (Å²) in [6.07, 6.45) is 9.14. The Kier molecular flexibility index (Phi) is 3.82. The van der Waals surface area contributed by atoms with Crippen LogP contribution < -0.4 is 0 Å². The second-order valence-corrected chi connectivity index (χ2v) is 5.48. The van der Waals surface area contributed by atoms with Gasteiger partial charge in [0.15, 0.2) is 0 Å². The molecular formula is C16H17F2N3. The van der Waals surface area contributed by atoms with Gasteiger partial charge in [0, 0.05) is 17.7 Å². The molecule has 3 nitrogen and oxygen atoms in total. The summed E-state index contributed by atoms with van der Waals surface area (Å²) in [4.78, 5) is 0. The van der Waals surface area contributed by atoms with Crippen LogP contribution in [-0.2, 0) is 6.54 Å². The van der Waals surface area contributed by atoms with Gasteiger partial charge in [0.2, 0.25) is 0 Å². The Bertz CT molecular complexity index is 676. The van der Waals surface area contributed by atoms with Crippen molar-refractivity contribution in [2.45, 2.75) is 38.6 Å². The van der Waals surface area contributed by atoms with Gasteiger partial charge in [0.25, 0.3) is 0 Å². The summed E-state index contributed by atoms with van der Waals surface area (Å²) in [6.45, 7) is 1.69. The van der Waals surface area contributed by atoms with Crippen LogP contribution in [0.5, 0.6) is 0 Å². The standard InChI is InChI=1S/C16H17F2N3/c1-11-7-8-14(17)13(16(11)18)9-21-10-15(19-20-21)12-5-3-2-4-6-12/h2-3,7-8,10,12H,4-6,9H2,1H3/t12-/m1/s1. The van der Waals surface area contributed by atoms with Crippen molar-refractivity contribution >= 4 is 0 Å². The highest BCUT2D eigenvalue weighted by Gasteiger charge is 2.17. The maximum absolute atomic E-state index is 14.0. The van der Waals surface area contributed by atoms with E-state index < -0.39 is 11.6 Å². The van der Waals surface area contributed by atoms with E-state index >= 15 is 0 Å². The van der Waals surface area contributed by atoms with E-state index in [1.54, 1.807) is 13.1 Å². The lowest BCUT2D eigenvalue weighted by molar-refractivity contribution is 0.523. The average Bonchev–Trinajstić information content (AvgIpc) is 2.97. The van der Waals surface area contributed by atoms with Gasteiger partial charge in [-0.2, -0.15) is 0 Å². The Morgan fingerprint density at radius 3 is 2.90 bits per heavy atom. The fraction of sp³-hybridized carbons (Fsp3) is 0.375. The van der Waals surface area contributed by atoms with E-state index in [0.29, 0.717) is 11.5 Å². The summed E-state index contributed by atoms with van der Waals surface area (Å²) in [6, 6.07) is 2.73. The van der Waals surface area contributed by atoms with Gasteiger partial charge in [-0.3, -0.25) is 0 Å². The zero-order chi connectivity index (χ0) is 14.8. The first-order chi connectivity index (χ1) is 10.1. The minimum atomic E-state index is -0.546. The fourth-order valence-corrected chi connectivity index (χ4v) is 2.66. The average molecular weight is 289 g/mol. The third kappa shape index (κ3) is 2.86. The molecule has 0 amide bonds. The Morgan fingerprint density at radius 2 is 2.14 bits per heavy atom. The van der Waals surface area contributed by atoms with Crippen molar-refractivity contribution in [2.75, 3.05) is 0 Å². The van der Waals surface area contributed by atoms with Crippen LogP contribution in [0.2, 0.25) is 0 Å². The molecule has 1 heterocycles. The van der Waals surface area contributed by atoms with E-state index in [0.717, 1.165) is 25.0 Å². The second kappa shape index (κ2) is 5.76. The summed E-state index contributed by atoms with van der Waals surface area (Å²) in [5, 5.41) is 8.16. The lowest BCUT2D eigenvalue weighted by atomic mass is 9.92. The lowest BCUT2D eigenvalue weighted by Gasteiger charge is -2.14. The van der Waals surface area contributed by atoms with E-state index in [-0.39, 0.29) is 12.1 Å². The molecule has 0 unspecified atom stereocenters. The topological polar surface area (TPSA) is 30.7 Å². The van der Waals surface area contributed by atoms with Crippen LogP contribution in [0, 0.1) is 18.6 Å². The Labute approximate surface area is 122 Å². The van der Waals surface area contributed by atoms with Gasteiger partial charge < -0.3 is 0 Å². The minimum Gasteiger partial charge on any atom is -0.248 e. The molecule has 2 aromatic rings. The molecule has 0 N–H and O–H groups in total. The van der Waals surface area contributed by atoms with Crippen LogP contribution in [0.1, 0.15) is 42.0 Å². The molecule has 0 aliphatic heterocycles. The van der Waals surface area contributed by atoms with Gasteiger partial charge in [0.1, 0.15) is 11.6 Å². The van der Waals surface area contributed by atoms with Crippen LogP contribution in [0.4, 0.5) is 8.78 Å². The predicted octanol–water partition coefficient (Wildman–Crippen LogP) is 3.74. The van der Waals surface area contributed by atoms with E-state index in [2.05, 4.69) is 22.5 Å². The molecule has 110 valence electrons. The van der Waals surface area contributed by atoms with Crippen LogP contribution in [0.3, 0.4) is 0 Å². The molecule has 0 fully saturated rings. The van der Waals surface area contributed by atoms with Gasteiger partial charge in [-0.25, -0.2) is 13.5 Å². The van der Waals surface area contributed by atoms with Crippen molar-refractivity contribution < 1.29 is 8.78 Å². The third-order valence-electron chi connectivity index (χ3n) is 3.94. The van der Waals surface area contributed by atoms with E-state index in [1.807, 2.05) is 0 Å². The Hall–Kier alpha value is -2.04. The van der Waals surface area contributed by atoms with Crippen molar-refractivity contribution in [2.24, 2.45) is 0 Å². The summed E-state index contributed by atoms with van der Waals surface area (Å²) in [5.74, 6) is -0.695. The van der Waals surface area contributed by atoms with E-state index in [1.165, 1.54) is 16.8 Å². The molecule has 1 aromatic carbocycles. The summed E-state index contributed by atoms with van der Waals surface area (Å²) >= 11 is 0. The number of nitrogens with zero attached hydrogens (tertiary/aromatic N) is 3. The number of rotatable bonds is 3. The number of aromatic nitrogens is 3. The number of allylic oxidation sites excluding steroid dienone is 2. The molecule has 1 aliphatic carbocycles. The molecule has 1 aliphatic rings. The fourth-order valence-electron chi connectivity index (χ4n) is 2.66. The smallest absolute Gasteiger partial charge is 0.134 e. The van der Waals surface area contributed by atoms with Crippen molar-refractivity contribution in [3.05, 3.63) is 58.9 Å². The van der Waals surface area contributed by atoms with Crippen molar-refractivity contribution in [3.63, 3.8) is 0 Å². The minimum absolute atomic E-state index is 0.0370. The zero-order valence-electron chi connectivity index (χ0n) is 11.9. The highest BCUT2D eigenvalue weighted by Crippen LogP contribution is 2.27. The normalized spacial score (nSPS) is 18.1. The molecule has 0 saturated heterocycles. The van der Waals surface area contributed by atoms with Crippen LogP contribution in [0.15, 0.2) is 30.5 Å². The van der Waals surface area contributed by atoms with Gasteiger partial charge in [-0.15, -0.1) is 5.10 Å². The molecule has 0 bridgehead atoms. The number of benzene rings is 1. The molecule has 1 aromatic heterocycles. The van der Waals surface area contributed by atoms with Gasteiger partial charge in [-0.05, 0) is 37.8 Å². The van der Waals surface area contributed by atoms with Crippen LogP contribution in [0.25, 0.3) is 0 Å². The molecule has 1 atom stereocenters. The van der Waals surface area contributed by atoms with E-state index in [9.17, 15) is 8.78 Å². The zero-order valence-corrected chi connectivity index (χ0v) is 11.9. The molecule has 21 heavy (non-hydrogen) atoms. The molecule has 0 radical (unpaired) electrons. The second-order valence-electron chi connectivity index (χ2n) is 5.48. The van der Waals surface area contributed by atoms with Crippen molar-refractivity contribution in [1.82, 2.24) is 15.0 Å². The first kappa shape index (κ1) is 13.9. The summed E-state index contributed by atoms with van der Waals surface area (Å²) in [5.41, 5.74) is 1.37. The first-order valence-corrected chi connectivity index (χ1v) is 7.13. The molecule has 3 rings (SSSR count). The quantitative estimate of drug-likeness (QED) is 0.806. The third-order valence-corrected chi connectivity index (χ3v) is 3.94. The summed E-state index contributed by atoms with van der Waals surface area (Å²) < 4.78 is 29.3. The van der Waals surface area contributed by atoms with Crippen molar-refractivity contribution in [1.29, 1.82) is 0 Å². The lowest BCUT2D eigenvalue weighted by Crippen LogP contribution is -2.06. The number of hydrogen-bond acceptors (Lipinski definition) is 2. The highest BCUT2D eigenvalue weighted by atomic mass is 19.1. The Morgan fingerprint density at radius 1 is 1.29 bits per heavy atom. The van der Waals surface area contributed by atoms with Gasteiger partial charge in [0.05, 0.1) is 12.2 Å². The first-order valence-electron chi connectivity index (χ1n) is 7.13. The molecule has 0 spiro atoms. The number of aryl methyl sites for hydroxylation is 1. The predicted molar refractivity (Wildman–Crippen MR) is 76.0 cm³/mol. The maximum atomic E-state index is 14.0. The van der Waals surface area contributed by atoms with Crippen LogP contribution in [-0.4, -0.2) is 15.0 Å². The highest BCUT2D eigenvalue weighted by molar-refractivity contribution is 5.26. The number of hydrogen-bond donors (Lipinski definition) is 0. The molecular weight excluding hydrogens is 272 g/mol. The summed E-state index contributed by atoms with van der Waals surface area (Å²) in [7, 11) is 0.